The Morgan fingerprint density at radius 1 is 1.07 bits per heavy atom. The summed E-state index contributed by atoms with van der Waals surface area (Å²) in [5.74, 6) is 0. The Bertz CT molecular complexity index is 171. The molecule has 4 N–H and O–H groups in total. The van der Waals surface area contributed by atoms with Crippen LogP contribution in [0.3, 0.4) is 0 Å². The van der Waals surface area contributed by atoms with Crippen molar-refractivity contribution in [2.75, 3.05) is 13.2 Å². The van der Waals surface area contributed by atoms with Crippen LogP contribution < -0.4 is 11.5 Å². The molecular formula is C12H28N2O. The lowest BCUT2D eigenvalue weighted by Gasteiger charge is -2.30. The van der Waals surface area contributed by atoms with Crippen LogP contribution in [0.4, 0.5) is 0 Å². The smallest absolute Gasteiger partial charge is 0.0663 e. The van der Waals surface area contributed by atoms with Crippen molar-refractivity contribution in [1.29, 1.82) is 0 Å². The van der Waals surface area contributed by atoms with Gasteiger partial charge in [-0.2, -0.15) is 0 Å². The lowest BCUT2D eigenvalue weighted by Crippen LogP contribution is -2.39. The van der Waals surface area contributed by atoms with Crippen LogP contribution in [0, 0.1) is 0 Å². The van der Waals surface area contributed by atoms with E-state index in [4.69, 9.17) is 16.2 Å². The van der Waals surface area contributed by atoms with E-state index in [0.717, 1.165) is 32.3 Å². The Labute approximate surface area is 94.5 Å². The number of hydrogen-bond acceptors (Lipinski definition) is 3. The van der Waals surface area contributed by atoms with Gasteiger partial charge in [0.1, 0.15) is 0 Å². The Hall–Kier alpha value is -0.120. The molecule has 0 radical (unpaired) electrons. The van der Waals surface area contributed by atoms with E-state index in [1.807, 2.05) is 0 Å². The Kier molecular flexibility index (Phi) is 6.41. The van der Waals surface area contributed by atoms with Gasteiger partial charge < -0.3 is 16.2 Å². The van der Waals surface area contributed by atoms with Crippen LogP contribution in [-0.4, -0.2) is 24.3 Å². The van der Waals surface area contributed by atoms with E-state index < -0.39 is 0 Å². The highest BCUT2D eigenvalue weighted by Gasteiger charge is 2.23. The molecule has 0 heterocycles. The summed E-state index contributed by atoms with van der Waals surface area (Å²) in [6.07, 6.45) is 3.80. The second-order valence-electron chi connectivity index (χ2n) is 4.95. The molecule has 0 rings (SSSR count). The summed E-state index contributed by atoms with van der Waals surface area (Å²) in [6, 6.07) is 0. The van der Waals surface area contributed by atoms with E-state index in [9.17, 15) is 0 Å². The van der Waals surface area contributed by atoms with Crippen molar-refractivity contribution in [1.82, 2.24) is 0 Å². The third-order valence-electron chi connectivity index (χ3n) is 3.35. The lowest BCUT2D eigenvalue weighted by molar-refractivity contribution is -0.0445. The monoisotopic (exact) mass is 216 g/mol. The molecule has 3 nitrogen and oxygen atoms in total. The van der Waals surface area contributed by atoms with Gasteiger partial charge in [0.15, 0.2) is 0 Å². The zero-order chi connectivity index (χ0) is 11.9. The van der Waals surface area contributed by atoms with E-state index in [0.29, 0.717) is 6.54 Å². The quantitative estimate of drug-likeness (QED) is 0.652. The zero-order valence-corrected chi connectivity index (χ0v) is 10.8. The molecule has 0 fully saturated rings. The lowest BCUT2D eigenvalue weighted by atomic mass is 9.95. The van der Waals surface area contributed by atoms with Crippen molar-refractivity contribution in [3.05, 3.63) is 0 Å². The largest absolute Gasteiger partial charge is 0.375 e. The van der Waals surface area contributed by atoms with Gasteiger partial charge in [-0.25, -0.2) is 0 Å². The molecule has 1 unspecified atom stereocenters. The first-order valence-corrected chi connectivity index (χ1v) is 6.02. The maximum atomic E-state index is 6.06. The van der Waals surface area contributed by atoms with Gasteiger partial charge >= 0.3 is 0 Å². The van der Waals surface area contributed by atoms with E-state index in [1.54, 1.807) is 0 Å². The van der Waals surface area contributed by atoms with E-state index in [2.05, 4.69) is 27.7 Å². The second kappa shape index (κ2) is 6.46. The van der Waals surface area contributed by atoms with Crippen molar-refractivity contribution in [3.8, 4) is 0 Å². The van der Waals surface area contributed by atoms with Crippen molar-refractivity contribution >= 4 is 0 Å². The number of rotatable bonds is 8. The van der Waals surface area contributed by atoms with Gasteiger partial charge in [-0.05, 0) is 46.1 Å². The highest BCUT2D eigenvalue weighted by atomic mass is 16.5. The van der Waals surface area contributed by atoms with Gasteiger partial charge in [-0.15, -0.1) is 0 Å². The first-order chi connectivity index (χ1) is 6.89. The molecule has 0 aliphatic rings. The molecule has 92 valence electrons. The molecule has 0 amide bonds. The Morgan fingerprint density at radius 2 is 1.67 bits per heavy atom. The summed E-state index contributed by atoms with van der Waals surface area (Å²) in [6.45, 7) is 9.85. The molecule has 0 saturated heterocycles. The highest BCUT2D eigenvalue weighted by molar-refractivity contribution is 4.78. The SMILES string of the molecule is CCC(C)(CCN)OCC[C@@](C)(N)CC. The first-order valence-electron chi connectivity index (χ1n) is 6.02. The van der Waals surface area contributed by atoms with E-state index in [1.165, 1.54) is 0 Å². The second-order valence-corrected chi connectivity index (χ2v) is 4.95. The van der Waals surface area contributed by atoms with Gasteiger partial charge in [-0.1, -0.05) is 13.8 Å². The summed E-state index contributed by atoms with van der Waals surface area (Å²) in [5, 5.41) is 0. The fourth-order valence-electron chi connectivity index (χ4n) is 1.36. The zero-order valence-electron chi connectivity index (χ0n) is 10.8. The van der Waals surface area contributed by atoms with Gasteiger partial charge in [0, 0.05) is 12.1 Å². The Balaban J connectivity index is 3.91. The fourth-order valence-corrected chi connectivity index (χ4v) is 1.36. The van der Waals surface area contributed by atoms with Crippen LogP contribution in [0.1, 0.15) is 53.4 Å². The maximum absolute atomic E-state index is 6.06. The van der Waals surface area contributed by atoms with Crippen LogP contribution in [0.5, 0.6) is 0 Å². The van der Waals surface area contributed by atoms with Crippen LogP contribution in [0.2, 0.25) is 0 Å². The number of ether oxygens (including phenoxy) is 1. The Morgan fingerprint density at radius 3 is 2.07 bits per heavy atom. The number of hydrogen-bond donors (Lipinski definition) is 2. The molecular weight excluding hydrogens is 188 g/mol. The summed E-state index contributed by atoms with van der Waals surface area (Å²) >= 11 is 0. The predicted octanol–water partition coefficient (Wildman–Crippen LogP) is 2.04. The third kappa shape index (κ3) is 6.13. The standard InChI is InChI=1S/C12H28N2O/c1-5-11(3,14)8-10-15-12(4,6-2)7-9-13/h5-10,13-14H2,1-4H3/t11-,12?/m0/s1. The van der Waals surface area contributed by atoms with Crippen LogP contribution >= 0.6 is 0 Å². The van der Waals surface area contributed by atoms with E-state index >= 15 is 0 Å². The minimum Gasteiger partial charge on any atom is -0.375 e. The third-order valence-corrected chi connectivity index (χ3v) is 3.35. The molecule has 0 aliphatic carbocycles. The highest BCUT2D eigenvalue weighted by Crippen LogP contribution is 2.21. The molecule has 2 atom stereocenters. The molecule has 0 aromatic carbocycles. The molecule has 3 heteroatoms. The predicted molar refractivity (Wildman–Crippen MR) is 65.8 cm³/mol. The van der Waals surface area contributed by atoms with Gasteiger partial charge in [0.2, 0.25) is 0 Å². The molecule has 0 bridgehead atoms. The molecule has 0 aromatic heterocycles. The van der Waals surface area contributed by atoms with Crippen molar-refractivity contribution in [2.45, 2.75) is 64.5 Å². The maximum Gasteiger partial charge on any atom is 0.0663 e. The van der Waals surface area contributed by atoms with Gasteiger partial charge in [0.25, 0.3) is 0 Å². The summed E-state index contributed by atoms with van der Waals surface area (Å²) in [7, 11) is 0. The van der Waals surface area contributed by atoms with Crippen LogP contribution in [0.25, 0.3) is 0 Å². The van der Waals surface area contributed by atoms with Gasteiger partial charge in [0.05, 0.1) is 5.60 Å². The van der Waals surface area contributed by atoms with Crippen LogP contribution in [0.15, 0.2) is 0 Å². The minimum atomic E-state index is -0.0998. The normalized spacial score (nSPS) is 19.6. The van der Waals surface area contributed by atoms with E-state index in [-0.39, 0.29) is 11.1 Å². The van der Waals surface area contributed by atoms with Crippen molar-refractivity contribution in [2.24, 2.45) is 11.5 Å². The van der Waals surface area contributed by atoms with Crippen LogP contribution in [-0.2, 0) is 4.74 Å². The molecule has 0 spiro atoms. The molecule has 0 aromatic rings. The summed E-state index contributed by atoms with van der Waals surface area (Å²) in [4.78, 5) is 0. The van der Waals surface area contributed by atoms with Crippen molar-refractivity contribution < 1.29 is 4.74 Å². The van der Waals surface area contributed by atoms with Gasteiger partial charge in [-0.3, -0.25) is 0 Å². The summed E-state index contributed by atoms with van der Waals surface area (Å²) in [5.41, 5.74) is 11.5. The molecule has 0 saturated carbocycles. The molecule has 0 aliphatic heterocycles. The van der Waals surface area contributed by atoms with Crippen molar-refractivity contribution in [3.63, 3.8) is 0 Å². The first kappa shape index (κ1) is 14.9. The fraction of sp³-hybridized carbons (Fsp3) is 1.00. The topological polar surface area (TPSA) is 61.3 Å². The summed E-state index contributed by atoms with van der Waals surface area (Å²) < 4.78 is 5.90. The average Bonchev–Trinajstić information content (AvgIpc) is 2.18. The average molecular weight is 216 g/mol. The number of nitrogens with two attached hydrogens (primary N) is 2. The minimum absolute atomic E-state index is 0.0709. The molecule has 15 heavy (non-hydrogen) atoms.